The molecule has 4 heteroatoms. The first-order valence-electron chi connectivity index (χ1n) is 9.99. The minimum absolute atomic E-state index is 0.0203. The van der Waals surface area contributed by atoms with Gasteiger partial charge >= 0.3 is 0 Å². The summed E-state index contributed by atoms with van der Waals surface area (Å²) in [5.41, 5.74) is 6.71. The predicted molar refractivity (Wildman–Crippen MR) is 114 cm³/mol. The summed E-state index contributed by atoms with van der Waals surface area (Å²) in [5.74, 6) is 2.05. The van der Waals surface area contributed by atoms with Crippen LogP contribution in [0.3, 0.4) is 0 Å². The van der Waals surface area contributed by atoms with Crippen molar-refractivity contribution in [1.29, 1.82) is 0 Å². The highest BCUT2D eigenvalue weighted by Gasteiger charge is 2.27. The van der Waals surface area contributed by atoms with Crippen LogP contribution in [0.5, 0.6) is 11.5 Å². The molecule has 0 saturated heterocycles. The van der Waals surface area contributed by atoms with E-state index >= 15 is 0 Å². The van der Waals surface area contributed by atoms with Crippen molar-refractivity contribution in [2.45, 2.75) is 47.5 Å². The summed E-state index contributed by atoms with van der Waals surface area (Å²) in [4.78, 5) is 0. The summed E-state index contributed by atoms with van der Waals surface area (Å²) >= 11 is 0. The van der Waals surface area contributed by atoms with Crippen molar-refractivity contribution in [3.63, 3.8) is 0 Å². The predicted octanol–water partition coefficient (Wildman–Crippen LogP) is 4.45. The number of hydrogen-bond donors (Lipinski definition) is 2. The molecule has 0 saturated carbocycles. The number of hydrogen-bond acceptors (Lipinski definition) is 4. The van der Waals surface area contributed by atoms with Gasteiger partial charge in [-0.3, -0.25) is 0 Å². The highest BCUT2D eigenvalue weighted by molar-refractivity contribution is 5.54. The van der Waals surface area contributed by atoms with E-state index in [2.05, 4.69) is 52.0 Å². The van der Waals surface area contributed by atoms with Gasteiger partial charge in [0.1, 0.15) is 24.7 Å². The molecule has 0 aliphatic heterocycles. The SMILES string of the molecule is Cc1cc(C)c(OCCO)c(C(c2cc(C)cc(C)c2OCCO)C(C)C)c1. The molecular formula is C24H34O4. The molecule has 4 nitrogen and oxygen atoms in total. The Balaban J connectivity index is 2.71. The molecule has 0 aromatic heterocycles. The first kappa shape index (κ1) is 22.3. The molecule has 2 rings (SSSR count). The average molecular weight is 387 g/mol. The minimum Gasteiger partial charge on any atom is -0.491 e. The maximum Gasteiger partial charge on any atom is 0.126 e. The molecular weight excluding hydrogens is 352 g/mol. The van der Waals surface area contributed by atoms with Crippen molar-refractivity contribution in [2.75, 3.05) is 26.4 Å². The number of aliphatic hydroxyl groups is 2. The summed E-state index contributed by atoms with van der Waals surface area (Å²) < 4.78 is 12.0. The zero-order valence-corrected chi connectivity index (χ0v) is 18.0. The number of rotatable bonds is 9. The maximum atomic E-state index is 9.27. The van der Waals surface area contributed by atoms with Gasteiger partial charge in [-0.2, -0.15) is 0 Å². The number of aliphatic hydroxyl groups excluding tert-OH is 2. The largest absolute Gasteiger partial charge is 0.491 e. The quantitative estimate of drug-likeness (QED) is 0.668. The van der Waals surface area contributed by atoms with Crippen molar-refractivity contribution < 1.29 is 19.7 Å². The van der Waals surface area contributed by atoms with Gasteiger partial charge in [0.05, 0.1) is 13.2 Å². The Labute approximate surface area is 169 Å². The third-order valence-corrected chi connectivity index (χ3v) is 4.91. The highest BCUT2D eigenvalue weighted by Crippen LogP contribution is 2.44. The normalized spacial score (nSPS) is 11.4. The van der Waals surface area contributed by atoms with E-state index in [9.17, 15) is 10.2 Å². The molecule has 0 amide bonds. The van der Waals surface area contributed by atoms with E-state index in [4.69, 9.17) is 9.47 Å². The number of aryl methyl sites for hydroxylation is 4. The van der Waals surface area contributed by atoms with Crippen LogP contribution in [0.15, 0.2) is 24.3 Å². The van der Waals surface area contributed by atoms with Crippen LogP contribution in [-0.2, 0) is 0 Å². The monoisotopic (exact) mass is 386 g/mol. The molecule has 2 N–H and O–H groups in total. The Morgan fingerprint density at radius 2 is 1.11 bits per heavy atom. The molecule has 0 bridgehead atoms. The fraction of sp³-hybridized carbons (Fsp3) is 0.500. The summed E-state index contributed by atoms with van der Waals surface area (Å²) in [6, 6.07) is 8.58. The minimum atomic E-state index is -0.0203. The van der Waals surface area contributed by atoms with Gasteiger partial charge in [-0.1, -0.05) is 49.2 Å². The maximum absolute atomic E-state index is 9.27. The molecule has 0 atom stereocenters. The van der Waals surface area contributed by atoms with Gasteiger partial charge in [-0.15, -0.1) is 0 Å². The Morgan fingerprint density at radius 1 is 0.714 bits per heavy atom. The molecule has 0 spiro atoms. The smallest absolute Gasteiger partial charge is 0.126 e. The van der Waals surface area contributed by atoms with Crippen LogP contribution in [0.2, 0.25) is 0 Å². The molecule has 0 heterocycles. The third-order valence-electron chi connectivity index (χ3n) is 4.91. The van der Waals surface area contributed by atoms with Crippen molar-refractivity contribution in [3.05, 3.63) is 57.6 Å². The summed E-state index contributed by atoms with van der Waals surface area (Å²) in [6.07, 6.45) is 0. The molecule has 2 aromatic carbocycles. The van der Waals surface area contributed by atoms with Crippen LogP contribution in [0.25, 0.3) is 0 Å². The first-order chi connectivity index (χ1) is 13.3. The Hall–Kier alpha value is -2.04. The molecule has 0 fully saturated rings. The second-order valence-electron chi connectivity index (χ2n) is 7.87. The lowest BCUT2D eigenvalue weighted by Gasteiger charge is -2.29. The molecule has 0 radical (unpaired) electrons. The van der Waals surface area contributed by atoms with Gasteiger partial charge in [-0.05, 0) is 44.7 Å². The van der Waals surface area contributed by atoms with Crippen molar-refractivity contribution >= 4 is 0 Å². The van der Waals surface area contributed by atoms with E-state index in [-0.39, 0.29) is 32.3 Å². The standard InChI is InChI=1S/C24H34O4/c1-15(2)22(20-13-16(3)11-18(5)23(20)27-9-7-25)21-14-17(4)12-19(6)24(21)28-10-8-26/h11-15,22,25-26H,7-10H2,1-6H3. The number of benzene rings is 2. The van der Waals surface area contributed by atoms with Crippen molar-refractivity contribution in [3.8, 4) is 11.5 Å². The molecule has 2 aromatic rings. The fourth-order valence-electron chi connectivity index (χ4n) is 4.01. The fourth-order valence-corrected chi connectivity index (χ4v) is 4.01. The lowest BCUT2D eigenvalue weighted by atomic mass is 9.79. The molecule has 28 heavy (non-hydrogen) atoms. The van der Waals surface area contributed by atoms with Gasteiger partial charge < -0.3 is 19.7 Å². The lowest BCUT2D eigenvalue weighted by molar-refractivity contribution is 0.196. The Bertz CT molecular complexity index is 732. The van der Waals surface area contributed by atoms with E-state index in [1.807, 2.05) is 13.8 Å². The molecule has 0 aliphatic carbocycles. The van der Waals surface area contributed by atoms with Crippen LogP contribution >= 0.6 is 0 Å². The van der Waals surface area contributed by atoms with Crippen LogP contribution in [0.1, 0.15) is 53.1 Å². The van der Waals surface area contributed by atoms with E-state index in [0.29, 0.717) is 5.92 Å². The molecule has 0 aliphatic rings. The van der Waals surface area contributed by atoms with E-state index in [0.717, 1.165) is 33.8 Å². The van der Waals surface area contributed by atoms with Gasteiger partial charge in [0, 0.05) is 17.0 Å². The highest BCUT2D eigenvalue weighted by atomic mass is 16.5. The zero-order chi connectivity index (χ0) is 20.8. The topological polar surface area (TPSA) is 58.9 Å². The van der Waals surface area contributed by atoms with Crippen molar-refractivity contribution in [2.24, 2.45) is 5.92 Å². The van der Waals surface area contributed by atoms with E-state index in [1.165, 1.54) is 11.1 Å². The summed E-state index contributed by atoms with van der Waals surface area (Å²) in [6.45, 7) is 13.2. The second-order valence-corrected chi connectivity index (χ2v) is 7.87. The van der Waals surface area contributed by atoms with Gasteiger partial charge in [0.2, 0.25) is 0 Å². The van der Waals surface area contributed by atoms with Crippen LogP contribution in [0.4, 0.5) is 0 Å². The van der Waals surface area contributed by atoms with E-state index < -0.39 is 0 Å². The van der Waals surface area contributed by atoms with Crippen LogP contribution in [-0.4, -0.2) is 36.6 Å². The molecule has 0 unspecified atom stereocenters. The summed E-state index contributed by atoms with van der Waals surface area (Å²) in [5, 5.41) is 18.5. The third kappa shape index (κ3) is 5.06. The lowest BCUT2D eigenvalue weighted by Crippen LogP contribution is -2.16. The first-order valence-corrected chi connectivity index (χ1v) is 9.99. The molecule has 154 valence electrons. The Kier molecular flexibility index (Phi) is 7.90. The summed E-state index contributed by atoms with van der Waals surface area (Å²) in [7, 11) is 0. The second kappa shape index (κ2) is 9.94. The van der Waals surface area contributed by atoms with Gasteiger partial charge in [0.25, 0.3) is 0 Å². The average Bonchev–Trinajstić information content (AvgIpc) is 2.60. The van der Waals surface area contributed by atoms with Crippen LogP contribution in [0, 0.1) is 33.6 Å². The zero-order valence-electron chi connectivity index (χ0n) is 18.0. The number of ether oxygens (including phenoxy) is 2. The Morgan fingerprint density at radius 3 is 1.43 bits per heavy atom. The van der Waals surface area contributed by atoms with Crippen molar-refractivity contribution in [1.82, 2.24) is 0 Å². The van der Waals surface area contributed by atoms with Gasteiger partial charge in [0.15, 0.2) is 0 Å². The van der Waals surface area contributed by atoms with Crippen LogP contribution < -0.4 is 9.47 Å². The van der Waals surface area contributed by atoms with E-state index in [1.54, 1.807) is 0 Å². The van der Waals surface area contributed by atoms with Gasteiger partial charge in [-0.25, -0.2) is 0 Å².